The summed E-state index contributed by atoms with van der Waals surface area (Å²) in [7, 11) is 0. The second-order valence-corrected chi connectivity index (χ2v) is 13.5. The Kier molecular flexibility index (Phi) is 6.75. The van der Waals surface area contributed by atoms with Crippen molar-refractivity contribution in [3.8, 4) is 39.2 Å². The second-order valence-electron chi connectivity index (χ2n) is 13.5. The molecule has 1 aliphatic heterocycles. The Hall–Kier alpha value is -5.34. The number of rotatable bonds is 3. The Morgan fingerprint density at radius 2 is 1.31 bits per heavy atom. The van der Waals surface area contributed by atoms with Crippen LogP contribution >= 0.6 is 0 Å². The first-order chi connectivity index (χ1) is 23.6. The van der Waals surface area contributed by atoms with Gasteiger partial charge in [0.15, 0.2) is 0 Å². The molecule has 3 heteroatoms. The van der Waals surface area contributed by atoms with Gasteiger partial charge in [0.2, 0.25) is 0 Å². The Balaban J connectivity index is 0.00000325. The van der Waals surface area contributed by atoms with Gasteiger partial charge in [-0.05, 0) is 79.3 Å². The summed E-state index contributed by atoms with van der Waals surface area (Å²) in [6.07, 6.45) is 1.90. The van der Waals surface area contributed by atoms with Gasteiger partial charge < -0.3 is 9.55 Å². The Morgan fingerprint density at radius 1 is 0.592 bits per heavy atom. The van der Waals surface area contributed by atoms with Crippen molar-refractivity contribution in [2.45, 2.75) is 19.3 Å². The molecule has 9 aromatic rings. The molecule has 0 N–H and O–H groups in total. The summed E-state index contributed by atoms with van der Waals surface area (Å²) in [5.74, 6) is 0. The van der Waals surface area contributed by atoms with Crippen LogP contribution < -0.4 is 0 Å². The van der Waals surface area contributed by atoms with Gasteiger partial charge in [-0.25, -0.2) is 0 Å². The number of nitrogens with zero attached hydrogens (tertiary/aromatic N) is 2. The molecule has 0 bridgehead atoms. The van der Waals surface area contributed by atoms with Gasteiger partial charge in [-0.15, -0.1) is 35.4 Å². The molecule has 1 aliphatic rings. The van der Waals surface area contributed by atoms with Crippen molar-refractivity contribution in [2.24, 2.45) is 0 Å². The molecule has 0 unspecified atom stereocenters. The number of hydrogen-bond donors (Lipinski definition) is 0. The van der Waals surface area contributed by atoms with Crippen LogP contribution in [0.5, 0.6) is 0 Å². The molecule has 0 amide bonds. The molecule has 1 radical (unpaired) electrons. The van der Waals surface area contributed by atoms with E-state index in [1.807, 2.05) is 12.3 Å². The minimum Gasteiger partial charge on any atom is -0.309 e. The second kappa shape index (κ2) is 11.1. The number of pyridine rings is 1. The largest absolute Gasteiger partial charge is 0.309 e. The monoisotopic (exact) mass is 804 g/mol. The van der Waals surface area contributed by atoms with E-state index in [4.69, 9.17) is 4.98 Å². The number of benzene rings is 7. The van der Waals surface area contributed by atoms with Crippen LogP contribution in [0.15, 0.2) is 152 Å². The van der Waals surface area contributed by atoms with Crippen molar-refractivity contribution in [3.05, 3.63) is 169 Å². The molecule has 0 saturated carbocycles. The average molecular weight is 804 g/mol. The Bertz CT molecular complexity index is 2760. The van der Waals surface area contributed by atoms with Crippen LogP contribution in [0.4, 0.5) is 0 Å². The van der Waals surface area contributed by atoms with Crippen LogP contribution in [0.1, 0.15) is 25.0 Å². The van der Waals surface area contributed by atoms with Gasteiger partial charge in [0.1, 0.15) is 0 Å². The minimum absolute atomic E-state index is 0. The summed E-state index contributed by atoms with van der Waals surface area (Å²) in [5, 5.41) is 7.46. The summed E-state index contributed by atoms with van der Waals surface area (Å²) < 4.78 is 2.52. The zero-order chi connectivity index (χ0) is 32.0. The molecule has 2 aromatic heterocycles. The summed E-state index contributed by atoms with van der Waals surface area (Å²) in [6.45, 7) is 4.81. The fourth-order valence-electron chi connectivity index (χ4n) is 8.29. The average Bonchev–Trinajstić information content (AvgIpc) is 3.48. The van der Waals surface area contributed by atoms with E-state index in [1.54, 1.807) is 0 Å². The maximum absolute atomic E-state index is 4.80. The summed E-state index contributed by atoms with van der Waals surface area (Å²) >= 11 is 0. The van der Waals surface area contributed by atoms with Crippen molar-refractivity contribution in [3.63, 3.8) is 0 Å². The van der Waals surface area contributed by atoms with E-state index in [0.717, 1.165) is 22.2 Å². The Morgan fingerprint density at radius 3 is 2.16 bits per heavy atom. The quantitative estimate of drug-likeness (QED) is 0.163. The van der Waals surface area contributed by atoms with E-state index >= 15 is 0 Å². The molecule has 7 aromatic carbocycles. The SMILES string of the molecule is CC1(C)c2cc(-c3cc[c-]c(-c4nccc5ccccc45)c3)ccc2-n2c3ccccc3c3ccc(-c4cccc5ccccc45)c1c32.[Ir]. The number of aromatic nitrogens is 2. The molecule has 0 fully saturated rings. The maximum Gasteiger partial charge on any atom is 0.0588 e. The van der Waals surface area contributed by atoms with Crippen molar-refractivity contribution in [1.29, 1.82) is 0 Å². The Labute approximate surface area is 299 Å². The molecule has 0 aliphatic carbocycles. The molecule has 49 heavy (non-hydrogen) atoms. The van der Waals surface area contributed by atoms with Crippen LogP contribution in [-0.4, -0.2) is 9.55 Å². The molecule has 0 spiro atoms. The van der Waals surface area contributed by atoms with Gasteiger partial charge >= 0.3 is 0 Å². The fraction of sp³-hybridized carbons (Fsp3) is 0.0652. The molecular formula is C46H31IrN2-. The van der Waals surface area contributed by atoms with E-state index in [-0.39, 0.29) is 25.5 Å². The van der Waals surface area contributed by atoms with Crippen LogP contribution in [0, 0.1) is 6.07 Å². The number of fused-ring (bicyclic) bond motifs is 7. The first-order valence-corrected chi connectivity index (χ1v) is 16.6. The van der Waals surface area contributed by atoms with Crippen LogP contribution in [0.25, 0.3) is 82.5 Å². The van der Waals surface area contributed by atoms with E-state index in [9.17, 15) is 0 Å². The molecule has 10 rings (SSSR count). The predicted octanol–water partition coefficient (Wildman–Crippen LogP) is 11.9. The maximum atomic E-state index is 4.80. The molecule has 0 atom stereocenters. The third-order valence-electron chi connectivity index (χ3n) is 10.5. The normalized spacial score (nSPS) is 13.1. The minimum atomic E-state index is -0.275. The van der Waals surface area contributed by atoms with Crippen molar-refractivity contribution < 1.29 is 20.1 Å². The van der Waals surface area contributed by atoms with Crippen LogP contribution in [0.3, 0.4) is 0 Å². The standard InChI is InChI=1S/C46H31N2.Ir/c1-46(2)40-28-32(31-14-9-15-33(27-31)44-35-17-6-4-12-30(35)25-26-47-44)21-24-42(40)48-41-20-8-7-18-37(41)39-23-22-38(43(46)45(39)48)36-19-10-13-29-11-3-5-16-34(29)36;/h3-14,16-28H,1-2H3;/q-1;. The third-order valence-corrected chi connectivity index (χ3v) is 10.5. The van der Waals surface area contributed by atoms with E-state index in [1.165, 1.54) is 71.5 Å². The van der Waals surface area contributed by atoms with Gasteiger partial charge in [-0.1, -0.05) is 117 Å². The van der Waals surface area contributed by atoms with Gasteiger partial charge in [0.05, 0.1) is 16.7 Å². The van der Waals surface area contributed by atoms with Crippen molar-refractivity contribution >= 4 is 43.4 Å². The van der Waals surface area contributed by atoms with E-state index in [2.05, 4.69) is 164 Å². The first kappa shape index (κ1) is 29.8. The van der Waals surface area contributed by atoms with Crippen LogP contribution in [-0.2, 0) is 25.5 Å². The fourth-order valence-corrected chi connectivity index (χ4v) is 8.29. The summed E-state index contributed by atoms with van der Waals surface area (Å²) in [4.78, 5) is 4.80. The van der Waals surface area contributed by atoms with Gasteiger partial charge in [0, 0.05) is 42.5 Å². The zero-order valence-corrected chi connectivity index (χ0v) is 29.6. The van der Waals surface area contributed by atoms with Crippen LogP contribution in [0.2, 0.25) is 0 Å². The summed E-state index contributed by atoms with van der Waals surface area (Å²) in [6, 6.07) is 56.5. The topological polar surface area (TPSA) is 17.8 Å². The predicted molar refractivity (Wildman–Crippen MR) is 201 cm³/mol. The first-order valence-electron chi connectivity index (χ1n) is 16.6. The van der Waals surface area contributed by atoms with Crippen molar-refractivity contribution in [2.75, 3.05) is 0 Å². The summed E-state index contributed by atoms with van der Waals surface area (Å²) in [5.41, 5.74) is 13.1. The molecule has 2 nitrogen and oxygen atoms in total. The van der Waals surface area contributed by atoms with Gasteiger partial charge in [0.25, 0.3) is 0 Å². The van der Waals surface area contributed by atoms with Gasteiger partial charge in [-0.3, -0.25) is 0 Å². The molecular weight excluding hydrogens is 773 g/mol. The van der Waals surface area contributed by atoms with E-state index < -0.39 is 0 Å². The third kappa shape index (κ3) is 4.33. The molecule has 3 heterocycles. The smallest absolute Gasteiger partial charge is 0.0588 e. The van der Waals surface area contributed by atoms with Crippen molar-refractivity contribution in [1.82, 2.24) is 9.55 Å². The molecule has 0 saturated heterocycles. The molecule has 235 valence electrons. The van der Waals surface area contributed by atoms with Gasteiger partial charge in [-0.2, -0.15) is 0 Å². The zero-order valence-electron chi connectivity index (χ0n) is 27.2. The number of para-hydroxylation sites is 1. The number of hydrogen-bond acceptors (Lipinski definition) is 1. The van der Waals surface area contributed by atoms with E-state index in [0.29, 0.717) is 0 Å².